The van der Waals surface area contributed by atoms with Gasteiger partial charge in [-0.25, -0.2) is 8.96 Å². The average molecular weight is 720 g/mol. The van der Waals surface area contributed by atoms with Crippen LogP contribution in [-0.2, 0) is 28.1 Å². The molecule has 39 heavy (non-hydrogen) atoms. The molecule has 3 heterocycles. The van der Waals surface area contributed by atoms with Crippen LogP contribution in [0.5, 0.6) is 0 Å². The van der Waals surface area contributed by atoms with Crippen molar-refractivity contribution in [3.63, 3.8) is 0 Å². The van der Waals surface area contributed by atoms with Crippen molar-refractivity contribution in [2.24, 2.45) is 0 Å². The molecule has 3 aromatic rings. The van der Waals surface area contributed by atoms with Gasteiger partial charge in [0.2, 0.25) is 0 Å². The number of amides is 1. The molecule has 9 nitrogen and oxygen atoms in total. The molecular weight excluding hydrogens is 686 g/mol. The van der Waals surface area contributed by atoms with Crippen molar-refractivity contribution in [1.82, 2.24) is 17.8 Å². The third kappa shape index (κ3) is 6.74. The highest BCUT2D eigenvalue weighted by Gasteiger charge is 2.36. The first-order chi connectivity index (χ1) is 18.3. The summed E-state index contributed by atoms with van der Waals surface area (Å²) in [5, 5.41) is 0.298. The van der Waals surface area contributed by atoms with Crippen LogP contribution in [0.2, 0.25) is 25.7 Å². The Morgan fingerprint density at radius 2 is 1.87 bits per heavy atom. The number of aromatic nitrogens is 3. The summed E-state index contributed by atoms with van der Waals surface area (Å²) in [4.78, 5) is 21.2. The molecule has 0 saturated heterocycles. The van der Waals surface area contributed by atoms with Crippen molar-refractivity contribution >= 4 is 73.6 Å². The van der Waals surface area contributed by atoms with Crippen molar-refractivity contribution in [3.05, 3.63) is 56.9 Å². The Morgan fingerprint density at radius 3 is 2.51 bits per heavy atom. The number of ether oxygens (including phenoxy) is 1. The highest BCUT2D eigenvalue weighted by Crippen LogP contribution is 2.38. The van der Waals surface area contributed by atoms with E-state index in [0.717, 1.165) is 15.4 Å². The van der Waals surface area contributed by atoms with Gasteiger partial charge in [-0.2, -0.15) is 12.7 Å². The Balaban J connectivity index is 1.72. The second kappa shape index (κ2) is 12.2. The standard InChI is InChI=1S/C25H33Br2N5O4S2Si/c1-29(2)38(34,35)32-20-12-9-13-30(23(20)28-25(32)37-18-10-7-6-8-11-18)24(33)21-16-19(26)22(27)31(21)17-36-14-15-39(3,4)5/h6-8,10-11,16H,9,12-15,17H2,1-5H3. The van der Waals surface area contributed by atoms with Crippen LogP contribution in [0, 0.1) is 0 Å². The van der Waals surface area contributed by atoms with E-state index in [0.29, 0.717) is 53.0 Å². The fraction of sp³-hybridized carbons (Fsp3) is 0.440. The van der Waals surface area contributed by atoms with E-state index in [9.17, 15) is 13.2 Å². The van der Waals surface area contributed by atoms with Gasteiger partial charge in [0.25, 0.3) is 5.91 Å². The topological polar surface area (TPSA) is 89.7 Å². The van der Waals surface area contributed by atoms with Gasteiger partial charge < -0.3 is 9.30 Å². The Labute approximate surface area is 252 Å². The largest absolute Gasteiger partial charge is 0.361 e. The molecule has 1 aliphatic heterocycles. The number of imidazole rings is 1. The fourth-order valence-corrected chi connectivity index (χ4v) is 7.91. The molecule has 0 saturated carbocycles. The summed E-state index contributed by atoms with van der Waals surface area (Å²) >= 11 is 8.37. The minimum atomic E-state index is -3.89. The third-order valence-electron chi connectivity index (χ3n) is 6.24. The number of halogens is 2. The maximum atomic E-state index is 14.0. The van der Waals surface area contributed by atoms with Crippen molar-refractivity contribution in [3.8, 4) is 0 Å². The number of carbonyl (C=O) groups is 1. The zero-order valence-electron chi connectivity index (χ0n) is 22.6. The Hall–Kier alpha value is -1.42. The highest BCUT2D eigenvalue weighted by atomic mass is 79.9. The Morgan fingerprint density at radius 1 is 1.18 bits per heavy atom. The second-order valence-electron chi connectivity index (χ2n) is 10.6. The predicted molar refractivity (Wildman–Crippen MR) is 165 cm³/mol. The molecule has 4 rings (SSSR count). The summed E-state index contributed by atoms with van der Waals surface area (Å²) in [6, 6.07) is 12.3. The van der Waals surface area contributed by atoms with Gasteiger partial charge in [-0.15, -0.1) is 0 Å². The molecule has 0 unspecified atom stereocenters. The molecule has 0 atom stereocenters. The summed E-state index contributed by atoms with van der Waals surface area (Å²) < 4.78 is 38.5. The maximum Gasteiger partial charge on any atom is 0.309 e. The Kier molecular flexibility index (Phi) is 9.56. The summed E-state index contributed by atoms with van der Waals surface area (Å²) in [6.07, 6.45) is 1.10. The molecular formula is C25H33Br2N5O4S2Si. The number of hydrogen-bond acceptors (Lipinski definition) is 6. The van der Waals surface area contributed by atoms with Gasteiger partial charge in [-0.3, -0.25) is 9.69 Å². The number of nitrogens with zero attached hydrogens (tertiary/aromatic N) is 5. The maximum absolute atomic E-state index is 14.0. The monoisotopic (exact) mass is 717 g/mol. The minimum absolute atomic E-state index is 0.219. The van der Waals surface area contributed by atoms with Crippen LogP contribution in [0.25, 0.3) is 0 Å². The minimum Gasteiger partial charge on any atom is -0.361 e. The molecule has 0 bridgehead atoms. The fourth-order valence-electron chi connectivity index (χ4n) is 4.07. The van der Waals surface area contributed by atoms with E-state index in [2.05, 4.69) is 51.5 Å². The molecule has 0 N–H and O–H groups in total. The lowest BCUT2D eigenvalue weighted by atomic mass is 10.1. The van der Waals surface area contributed by atoms with Crippen LogP contribution in [0.4, 0.5) is 5.82 Å². The first-order valence-corrected chi connectivity index (χ1v) is 20.0. The number of fused-ring (bicyclic) bond motifs is 1. The number of anilines is 1. The molecule has 1 aromatic carbocycles. The quantitative estimate of drug-likeness (QED) is 0.191. The smallest absolute Gasteiger partial charge is 0.309 e. The second-order valence-corrected chi connectivity index (χ2v) is 20.9. The Bertz CT molecular complexity index is 1450. The lowest BCUT2D eigenvalue weighted by Gasteiger charge is -2.27. The number of carbonyl (C=O) groups excluding carboxylic acids is 1. The molecule has 2 aromatic heterocycles. The van der Waals surface area contributed by atoms with Crippen molar-refractivity contribution < 1.29 is 17.9 Å². The van der Waals surface area contributed by atoms with E-state index in [1.807, 2.05) is 30.3 Å². The van der Waals surface area contributed by atoms with E-state index in [-0.39, 0.29) is 12.6 Å². The summed E-state index contributed by atoms with van der Waals surface area (Å²) in [7, 11) is -2.15. The van der Waals surface area contributed by atoms with E-state index in [4.69, 9.17) is 9.72 Å². The first-order valence-electron chi connectivity index (χ1n) is 12.5. The molecule has 0 aliphatic carbocycles. The van der Waals surface area contributed by atoms with Crippen molar-refractivity contribution in [1.29, 1.82) is 0 Å². The molecule has 14 heteroatoms. The lowest BCUT2D eigenvalue weighted by molar-refractivity contribution is 0.0792. The van der Waals surface area contributed by atoms with Gasteiger partial charge >= 0.3 is 10.2 Å². The lowest BCUT2D eigenvalue weighted by Crippen LogP contribution is -2.38. The number of benzene rings is 1. The van der Waals surface area contributed by atoms with Gasteiger partial charge in [0.1, 0.15) is 17.0 Å². The molecule has 212 valence electrons. The van der Waals surface area contributed by atoms with Crippen LogP contribution in [0.3, 0.4) is 0 Å². The number of hydrogen-bond donors (Lipinski definition) is 0. The van der Waals surface area contributed by atoms with E-state index in [1.54, 1.807) is 15.5 Å². The number of rotatable bonds is 10. The molecule has 0 fully saturated rings. The van der Waals surface area contributed by atoms with Gasteiger partial charge in [-0.1, -0.05) is 49.6 Å². The van der Waals surface area contributed by atoms with Crippen LogP contribution in [0.1, 0.15) is 22.6 Å². The van der Waals surface area contributed by atoms with Gasteiger partial charge in [0.15, 0.2) is 11.0 Å². The SMILES string of the molecule is CN(C)S(=O)(=O)n1c(Sc2ccccc2)nc2c1CCCN2C(=O)c1cc(Br)c(Br)n1COCC[Si](C)(C)C. The van der Waals surface area contributed by atoms with Crippen LogP contribution < -0.4 is 4.90 Å². The summed E-state index contributed by atoms with van der Waals surface area (Å²) in [5.74, 6) is 0.106. The first kappa shape index (κ1) is 30.5. The van der Waals surface area contributed by atoms with Gasteiger partial charge in [-0.05, 0) is 68.9 Å². The molecule has 0 radical (unpaired) electrons. The normalized spacial score (nSPS) is 14.2. The molecule has 1 aliphatic rings. The van der Waals surface area contributed by atoms with E-state index < -0.39 is 18.3 Å². The zero-order valence-corrected chi connectivity index (χ0v) is 28.5. The van der Waals surface area contributed by atoms with E-state index >= 15 is 0 Å². The summed E-state index contributed by atoms with van der Waals surface area (Å²) in [6.45, 7) is 8.14. The molecule has 0 spiro atoms. The average Bonchev–Trinajstić information content (AvgIpc) is 3.38. The highest BCUT2D eigenvalue weighted by molar-refractivity contribution is 9.13. The summed E-state index contributed by atoms with van der Waals surface area (Å²) in [5.41, 5.74) is 0.932. The third-order valence-corrected chi connectivity index (χ3v) is 12.8. The van der Waals surface area contributed by atoms with Gasteiger partial charge in [0, 0.05) is 40.2 Å². The van der Waals surface area contributed by atoms with Crippen LogP contribution in [0.15, 0.2) is 55.5 Å². The van der Waals surface area contributed by atoms with Crippen LogP contribution >= 0.6 is 43.6 Å². The molecule has 1 amide bonds. The van der Waals surface area contributed by atoms with E-state index in [1.165, 1.54) is 34.1 Å². The van der Waals surface area contributed by atoms with Crippen LogP contribution in [-0.4, -0.2) is 67.5 Å². The zero-order chi connectivity index (χ0) is 28.5. The van der Waals surface area contributed by atoms with Crippen molar-refractivity contribution in [2.45, 2.75) is 55.3 Å². The van der Waals surface area contributed by atoms with Gasteiger partial charge in [0.05, 0.1) is 10.2 Å². The predicted octanol–water partition coefficient (Wildman–Crippen LogP) is 5.92. The van der Waals surface area contributed by atoms with Crippen molar-refractivity contribution in [2.75, 3.05) is 32.1 Å².